The molecule has 140 valence electrons. The standard InChI is InChI=1S/C22H21ClFNO2/c1-2-26-22-13-16(14-25-19-10-8-18(23)9-11-19)7-12-21(22)27-15-17-5-3-4-6-20(17)24/h3-13,25H,2,14-15H2,1H3. The van der Waals surface area contributed by atoms with E-state index < -0.39 is 0 Å². The molecular weight excluding hydrogens is 365 g/mol. The smallest absolute Gasteiger partial charge is 0.161 e. The maximum atomic E-state index is 13.8. The first kappa shape index (κ1) is 19.1. The van der Waals surface area contributed by atoms with Crippen LogP contribution in [0, 0.1) is 5.82 Å². The third-order valence-electron chi connectivity index (χ3n) is 3.99. The summed E-state index contributed by atoms with van der Waals surface area (Å²) in [4.78, 5) is 0. The molecule has 0 bridgehead atoms. The van der Waals surface area contributed by atoms with Crippen LogP contribution >= 0.6 is 11.6 Å². The number of halogens is 2. The molecule has 0 aliphatic heterocycles. The van der Waals surface area contributed by atoms with Gasteiger partial charge in [0.05, 0.1) is 6.61 Å². The van der Waals surface area contributed by atoms with E-state index >= 15 is 0 Å². The van der Waals surface area contributed by atoms with Crippen LogP contribution in [0.2, 0.25) is 5.02 Å². The van der Waals surface area contributed by atoms with Gasteiger partial charge in [0.15, 0.2) is 11.5 Å². The van der Waals surface area contributed by atoms with Gasteiger partial charge in [-0.25, -0.2) is 4.39 Å². The predicted octanol–water partition coefficient (Wildman–Crippen LogP) is 6.07. The molecule has 0 spiro atoms. The van der Waals surface area contributed by atoms with Crippen LogP contribution in [0.4, 0.5) is 10.1 Å². The second kappa shape index (κ2) is 9.28. The molecule has 1 N–H and O–H groups in total. The minimum atomic E-state index is -0.278. The summed E-state index contributed by atoms with van der Waals surface area (Å²) in [6.07, 6.45) is 0. The molecule has 0 aliphatic carbocycles. The van der Waals surface area contributed by atoms with E-state index in [1.807, 2.05) is 49.4 Å². The Balaban J connectivity index is 1.68. The number of rotatable bonds is 8. The van der Waals surface area contributed by atoms with Gasteiger partial charge in [-0.15, -0.1) is 0 Å². The van der Waals surface area contributed by atoms with Crippen molar-refractivity contribution in [3.05, 3.63) is 88.7 Å². The van der Waals surface area contributed by atoms with Crippen LogP contribution in [-0.4, -0.2) is 6.61 Å². The Morgan fingerprint density at radius 2 is 1.70 bits per heavy atom. The van der Waals surface area contributed by atoms with Gasteiger partial charge in [0, 0.05) is 22.8 Å². The molecule has 27 heavy (non-hydrogen) atoms. The van der Waals surface area contributed by atoms with E-state index in [0.29, 0.717) is 35.2 Å². The van der Waals surface area contributed by atoms with Crippen LogP contribution in [0.5, 0.6) is 11.5 Å². The summed E-state index contributed by atoms with van der Waals surface area (Å²) in [5.41, 5.74) is 2.54. The molecule has 0 radical (unpaired) electrons. The molecule has 0 saturated carbocycles. The second-order valence-corrected chi connectivity index (χ2v) is 6.39. The summed E-state index contributed by atoms with van der Waals surface area (Å²) in [6, 6.07) is 19.9. The number of nitrogens with one attached hydrogen (secondary N) is 1. The molecule has 3 rings (SSSR count). The molecule has 0 unspecified atom stereocenters. The van der Waals surface area contributed by atoms with Gasteiger partial charge in [-0.3, -0.25) is 0 Å². The molecule has 0 aliphatic rings. The van der Waals surface area contributed by atoms with Gasteiger partial charge in [-0.05, 0) is 55.0 Å². The zero-order valence-corrected chi connectivity index (χ0v) is 15.8. The molecule has 3 nitrogen and oxygen atoms in total. The number of benzene rings is 3. The highest BCUT2D eigenvalue weighted by molar-refractivity contribution is 6.30. The fourth-order valence-corrected chi connectivity index (χ4v) is 2.72. The second-order valence-electron chi connectivity index (χ2n) is 5.95. The van der Waals surface area contributed by atoms with Crippen molar-refractivity contribution in [1.82, 2.24) is 0 Å². The Bertz CT molecular complexity index is 884. The molecule has 0 fully saturated rings. The van der Waals surface area contributed by atoms with Crippen molar-refractivity contribution in [2.75, 3.05) is 11.9 Å². The van der Waals surface area contributed by atoms with Crippen LogP contribution in [0.15, 0.2) is 66.7 Å². The van der Waals surface area contributed by atoms with Crippen molar-refractivity contribution in [1.29, 1.82) is 0 Å². The van der Waals surface area contributed by atoms with Gasteiger partial charge in [-0.2, -0.15) is 0 Å². The van der Waals surface area contributed by atoms with E-state index in [0.717, 1.165) is 11.3 Å². The molecular formula is C22H21ClFNO2. The van der Waals surface area contributed by atoms with E-state index in [4.69, 9.17) is 21.1 Å². The number of anilines is 1. The minimum Gasteiger partial charge on any atom is -0.490 e. The highest BCUT2D eigenvalue weighted by Crippen LogP contribution is 2.30. The Hall–Kier alpha value is -2.72. The highest BCUT2D eigenvalue weighted by atomic mass is 35.5. The van der Waals surface area contributed by atoms with Gasteiger partial charge in [0.25, 0.3) is 0 Å². The van der Waals surface area contributed by atoms with Crippen molar-refractivity contribution >= 4 is 17.3 Å². The van der Waals surface area contributed by atoms with Crippen LogP contribution in [0.3, 0.4) is 0 Å². The largest absolute Gasteiger partial charge is 0.490 e. The lowest BCUT2D eigenvalue weighted by Crippen LogP contribution is -2.03. The van der Waals surface area contributed by atoms with Crippen molar-refractivity contribution < 1.29 is 13.9 Å². The Morgan fingerprint density at radius 3 is 2.44 bits per heavy atom. The summed E-state index contributed by atoms with van der Waals surface area (Å²) in [6.45, 7) is 3.22. The lowest BCUT2D eigenvalue weighted by Gasteiger charge is -2.14. The third-order valence-corrected chi connectivity index (χ3v) is 4.24. The first-order valence-corrected chi connectivity index (χ1v) is 9.15. The van der Waals surface area contributed by atoms with E-state index in [2.05, 4.69) is 5.32 Å². The monoisotopic (exact) mass is 385 g/mol. The van der Waals surface area contributed by atoms with Crippen LogP contribution < -0.4 is 14.8 Å². The van der Waals surface area contributed by atoms with Gasteiger partial charge >= 0.3 is 0 Å². The van der Waals surface area contributed by atoms with Gasteiger partial charge in [-0.1, -0.05) is 35.9 Å². The third kappa shape index (κ3) is 5.38. The summed E-state index contributed by atoms with van der Waals surface area (Å²) < 4.78 is 25.3. The van der Waals surface area contributed by atoms with Crippen molar-refractivity contribution in [2.24, 2.45) is 0 Å². The summed E-state index contributed by atoms with van der Waals surface area (Å²) in [5, 5.41) is 4.04. The average molecular weight is 386 g/mol. The van der Waals surface area contributed by atoms with Crippen LogP contribution in [-0.2, 0) is 13.2 Å². The summed E-state index contributed by atoms with van der Waals surface area (Å²) in [7, 11) is 0. The fraction of sp³-hybridized carbons (Fsp3) is 0.182. The van der Waals surface area contributed by atoms with E-state index in [1.165, 1.54) is 6.07 Å². The highest BCUT2D eigenvalue weighted by Gasteiger charge is 2.09. The van der Waals surface area contributed by atoms with Gasteiger partial charge in [0.1, 0.15) is 12.4 Å². The topological polar surface area (TPSA) is 30.5 Å². The molecule has 3 aromatic carbocycles. The molecule has 0 saturated heterocycles. The zero-order chi connectivity index (χ0) is 19.1. The predicted molar refractivity (Wildman–Crippen MR) is 107 cm³/mol. The Morgan fingerprint density at radius 1 is 0.926 bits per heavy atom. The molecule has 0 aromatic heterocycles. The molecule has 0 amide bonds. The van der Waals surface area contributed by atoms with Crippen LogP contribution in [0.1, 0.15) is 18.1 Å². The van der Waals surface area contributed by atoms with Gasteiger partial charge < -0.3 is 14.8 Å². The van der Waals surface area contributed by atoms with Crippen molar-refractivity contribution in [3.8, 4) is 11.5 Å². The van der Waals surface area contributed by atoms with Crippen molar-refractivity contribution in [2.45, 2.75) is 20.1 Å². The fourth-order valence-electron chi connectivity index (χ4n) is 2.59. The molecule has 0 atom stereocenters. The number of hydrogen-bond donors (Lipinski definition) is 1. The summed E-state index contributed by atoms with van der Waals surface area (Å²) >= 11 is 5.90. The maximum absolute atomic E-state index is 13.8. The molecule has 3 aromatic rings. The minimum absolute atomic E-state index is 0.148. The molecule has 5 heteroatoms. The lowest BCUT2D eigenvalue weighted by atomic mass is 10.2. The Kier molecular flexibility index (Phi) is 6.55. The SMILES string of the molecule is CCOc1cc(CNc2ccc(Cl)cc2)ccc1OCc1ccccc1F. The van der Waals surface area contributed by atoms with Gasteiger partial charge in [0.2, 0.25) is 0 Å². The first-order chi connectivity index (χ1) is 13.2. The first-order valence-electron chi connectivity index (χ1n) is 8.77. The van der Waals surface area contributed by atoms with E-state index in [9.17, 15) is 4.39 Å². The van der Waals surface area contributed by atoms with E-state index in [1.54, 1.807) is 18.2 Å². The Labute approximate surface area is 163 Å². The van der Waals surface area contributed by atoms with E-state index in [-0.39, 0.29) is 12.4 Å². The number of ether oxygens (including phenoxy) is 2. The molecule has 0 heterocycles. The van der Waals surface area contributed by atoms with Crippen LogP contribution in [0.25, 0.3) is 0 Å². The normalized spacial score (nSPS) is 10.5. The average Bonchev–Trinajstić information content (AvgIpc) is 2.68. The summed E-state index contributed by atoms with van der Waals surface area (Å²) in [5.74, 6) is 0.957. The van der Waals surface area contributed by atoms with Crippen molar-refractivity contribution in [3.63, 3.8) is 0 Å². The zero-order valence-electron chi connectivity index (χ0n) is 15.0. The maximum Gasteiger partial charge on any atom is 0.161 e. The quantitative estimate of drug-likeness (QED) is 0.510. The number of hydrogen-bond acceptors (Lipinski definition) is 3. The lowest BCUT2D eigenvalue weighted by molar-refractivity contribution is 0.265.